The Hall–Kier alpha value is -1.85. The smallest absolute Gasteiger partial charge is 0.137 e. The van der Waals surface area contributed by atoms with Crippen molar-refractivity contribution in [2.75, 3.05) is 13.2 Å². The van der Waals surface area contributed by atoms with Gasteiger partial charge in [0.2, 0.25) is 0 Å². The Morgan fingerprint density at radius 2 is 2.00 bits per heavy atom. The van der Waals surface area contributed by atoms with Gasteiger partial charge in [0.05, 0.1) is 0 Å². The van der Waals surface area contributed by atoms with Crippen molar-refractivity contribution in [3.63, 3.8) is 0 Å². The molecule has 0 radical (unpaired) electrons. The van der Waals surface area contributed by atoms with E-state index in [0.717, 1.165) is 17.1 Å². The van der Waals surface area contributed by atoms with Gasteiger partial charge in [-0.25, -0.2) is 4.98 Å². The van der Waals surface area contributed by atoms with Gasteiger partial charge in [0.25, 0.3) is 0 Å². The number of hydrogen-bond acceptors (Lipinski definition) is 4. The molecule has 1 aromatic heterocycles. The van der Waals surface area contributed by atoms with Gasteiger partial charge in [0.1, 0.15) is 24.3 Å². The molecule has 5 nitrogen and oxygen atoms in total. The number of aromatic nitrogens is 2. The van der Waals surface area contributed by atoms with Crippen molar-refractivity contribution in [3.05, 3.63) is 36.7 Å². The maximum Gasteiger partial charge on any atom is 0.137 e. The molecular formula is C16H23N3O2. The SMILES string of the molecule is CC(C)(C)NC[C@H](O)COc1ccc(-c2ncc[nH]2)cc1. The van der Waals surface area contributed by atoms with Crippen molar-refractivity contribution < 1.29 is 9.84 Å². The molecular weight excluding hydrogens is 266 g/mol. The van der Waals surface area contributed by atoms with Gasteiger partial charge < -0.3 is 20.1 Å². The predicted octanol–water partition coefficient (Wildman–Crippen LogP) is 2.20. The van der Waals surface area contributed by atoms with Crippen molar-refractivity contribution in [2.45, 2.75) is 32.4 Å². The fourth-order valence-corrected chi connectivity index (χ4v) is 1.81. The number of rotatable bonds is 6. The quantitative estimate of drug-likeness (QED) is 0.762. The topological polar surface area (TPSA) is 70.2 Å². The van der Waals surface area contributed by atoms with Crippen LogP contribution in [-0.4, -0.2) is 39.9 Å². The number of aliphatic hydroxyl groups is 1. The van der Waals surface area contributed by atoms with E-state index in [1.165, 1.54) is 0 Å². The standard InChI is InChI=1S/C16H23N3O2/c1-16(2,3)19-10-13(20)11-21-14-6-4-12(5-7-14)15-17-8-9-18-15/h4-9,13,19-20H,10-11H2,1-3H3,(H,17,18)/t13-/m0/s1. The molecule has 0 saturated heterocycles. The monoisotopic (exact) mass is 289 g/mol. The van der Waals surface area contributed by atoms with Crippen LogP contribution in [-0.2, 0) is 0 Å². The van der Waals surface area contributed by atoms with E-state index < -0.39 is 6.10 Å². The maximum absolute atomic E-state index is 9.88. The molecule has 3 N–H and O–H groups in total. The van der Waals surface area contributed by atoms with Gasteiger partial charge in [0.15, 0.2) is 0 Å². The summed E-state index contributed by atoms with van der Waals surface area (Å²) < 4.78 is 5.58. The van der Waals surface area contributed by atoms with Gasteiger partial charge in [0, 0.05) is 30.0 Å². The van der Waals surface area contributed by atoms with E-state index in [1.54, 1.807) is 12.4 Å². The first-order valence-electron chi connectivity index (χ1n) is 7.10. The van der Waals surface area contributed by atoms with E-state index in [4.69, 9.17) is 4.74 Å². The Morgan fingerprint density at radius 1 is 1.29 bits per heavy atom. The summed E-state index contributed by atoms with van der Waals surface area (Å²) in [5, 5.41) is 13.1. The highest BCUT2D eigenvalue weighted by molar-refractivity contribution is 5.55. The number of nitrogens with zero attached hydrogens (tertiary/aromatic N) is 1. The first-order valence-corrected chi connectivity index (χ1v) is 7.10. The Labute approximate surface area is 125 Å². The number of nitrogens with one attached hydrogen (secondary N) is 2. The third kappa shape index (κ3) is 5.21. The molecule has 0 aliphatic rings. The van der Waals surface area contributed by atoms with Crippen LogP contribution in [0, 0.1) is 0 Å². The minimum Gasteiger partial charge on any atom is -0.491 e. The molecule has 1 aromatic carbocycles. The minimum atomic E-state index is -0.533. The minimum absolute atomic E-state index is 0.00826. The van der Waals surface area contributed by atoms with Crippen molar-refractivity contribution in [1.29, 1.82) is 0 Å². The molecule has 1 heterocycles. The molecule has 2 aromatic rings. The van der Waals surface area contributed by atoms with E-state index >= 15 is 0 Å². The lowest BCUT2D eigenvalue weighted by Crippen LogP contribution is -2.42. The average Bonchev–Trinajstić information content (AvgIpc) is 2.97. The Balaban J connectivity index is 1.81. The van der Waals surface area contributed by atoms with Crippen LogP contribution >= 0.6 is 0 Å². The van der Waals surface area contributed by atoms with Crippen LogP contribution in [0.5, 0.6) is 5.75 Å². The number of aliphatic hydroxyl groups excluding tert-OH is 1. The molecule has 0 unspecified atom stereocenters. The van der Waals surface area contributed by atoms with E-state index in [1.807, 2.05) is 24.3 Å². The Kier molecular flexibility index (Phi) is 4.98. The van der Waals surface area contributed by atoms with Gasteiger partial charge in [-0.1, -0.05) is 0 Å². The van der Waals surface area contributed by atoms with Gasteiger partial charge in [-0.3, -0.25) is 0 Å². The third-order valence-corrected chi connectivity index (χ3v) is 2.94. The van der Waals surface area contributed by atoms with Gasteiger partial charge >= 0.3 is 0 Å². The molecule has 0 spiro atoms. The van der Waals surface area contributed by atoms with E-state index in [9.17, 15) is 5.11 Å². The largest absolute Gasteiger partial charge is 0.491 e. The van der Waals surface area contributed by atoms with Crippen molar-refractivity contribution in [2.24, 2.45) is 0 Å². The zero-order valence-electron chi connectivity index (χ0n) is 12.8. The zero-order chi connectivity index (χ0) is 15.3. The van der Waals surface area contributed by atoms with Crippen LogP contribution in [0.1, 0.15) is 20.8 Å². The predicted molar refractivity (Wildman–Crippen MR) is 83.3 cm³/mol. The summed E-state index contributed by atoms with van der Waals surface area (Å²) in [5.41, 5.74) is 0.994. The van der Waals surface area contributed by atoms with E-state index in [-0.39, 0.29) is 12.1 Å². The molecule has 21 heavy (non-hydrogen) atoms. The summed E-state index contributed by atoms with van der Waals surface area (Å²) in [6.45, 7) is 6.97. The molecule has 0 bridgehead atoms. The molecule has 0 aliphatic heterocycles. The summed E-state index contributed by atoms with van der Waals surface area (Å²) in [4.78, 5) is 7.25. The third-order valence-electron chi connectivity index (χ3n) is 2.94. The second-order valence-corrected chi connectivity index (χ2v) is 6.06. The highest BCUT2D eigenvalue weighted by Gasteiger charge is 2.12. The lowest BCUT2D eigenvalue weighted by atomic mass is 10.1. The lowest BCUT2D eigenvalue weighted by Gasteiger charge is -2.22. The highest BCUT2D eigenvalue weighted by atomic mass is 16.5. The van der Waals surface area contributed by atoms with Gasteiger partial charge in [-0.05, 0) is 45.0 Å². The number of benzene rings is 1. The molecule has 114 valence electrons. The number of ether oxygens (including phenoxy) is 1. The Bertz CT molecular complexity index is 530. The number of H-pyrrole nitrogens is 1. The molecule has 0 saturated carbocycles. The van der Waals surface area contributed by atoms with Gasteiger partial charge in [-0.15, -0.1) is 0 Å². The van der Waals surface area contributed by atoms with Crippen LogP contribution in [0.25, 0.3) is 11.4 Å². The first kappa shape index (κ1) is 15.5. The van der Waals surface area contributed by atoms with Crippen LogP contribution in [0.3, 0.4) is 0 Å². The van der Waals surface area contributed by atoms with Crippen molar-refractivity contribution in [3.8, 4) is 17.1 Å². The normalized spacial score (nSPS) is 13.1. The van der Waals surface area contributed by atoms with Crippen LogP contribution < -0.4 is 10.1 Å². The maximum atomic E-state index is 9.88. The average molecular weight is 289 g/mol. The highest BCUT2D eigenvalue weighted by Crippen LogP contribution is 2.19. The summed E-state index contributed by atoms with van der Waals surface area (Å²) >= 11 is 0. The molecule has 0 fully saturated rings. The molecule has 0 aliphatic carbocycles. The van der Waals surface area contributed by atoms with E-state index in [0.29, 0.717) is 6.54 Å². The van der Waals surface area contributed by atoms with Crippen molar-refractivity contribution >= 4 is 0 Å². The number of imidazole rings is 1. The fraction of sp³-hybridized carbons (Fsp3) is 0.438. The van der Waals surface area contributed by atoms with E-state index in [2.05, 4.69) is 36.1 Å². The Morgan fingerprint density at radius 3 is 2.57 bits per heavy atom. The van der Waals surface area contributed by atoms with Crippen molar-refractivity contribution in [1.82, 2.24) is 15.3 Å². The van der Waals surface area contributed by atoms with Crippen LogP contribution in [0.15, 0.2) is 36.7 Å². The number of β-amino-alcohol motifs (C(OH)–C–C–N with tert-alkyl or cyclic N) is 1. The molecule has 5 heteroatoms. The second kappa shape index (κ2) is 6.74. The summed E-state index contributed by atoms with van der Waals surface area (Å²) in [6, 6.07) is 7.63. The fourth-order valence-electron chi connectivity index (χ4n) is 1.81. The van der Waals surface area contributed by atoms with Crippen LogP contribution in [0.2, 0.25) is 0 Å². The molecule has 2 rings (SSSR count). The summed E-state index contributed by atoms with van der Waals surface area (Å²) in [7, 11) is 0. The van der Waals surface area contributed by atoms with Gasteiger partial charge in [-0.2, -0.15) is 0 Å². The second-order valence-electron chi connectivity index (χ2n) is 6.06. The first-order chi connectivity index (χ1) is 9.94. The number of aromatic amines is 1. The lowest BCUT2D eigenvalue weighted by molar-refractivity contribution is 0.100. The summed E-state index contributed by atoms with van der Waals surface area (Å²) in [5.74, 6) is 1.57. The number of hydrogen-bond donors (Lipinski definition) is 3. The zero-order valence-corrected chi connectivity index (χ0v) is 12.8. The molecule has 1 atom stereocenters. The van der Waals surface area contributed by atoms with Crippen LogP contribution in [0.4, 0.5) is 0 Å². The molecule has 0 amide bonds. The summed E-state index contributed by atoms with van der Waals surface area (Å²) in [6.07, 6.45) is 2.98.